The van der Waals surface area contributed by atoms with E-state index in [1.807, 2.05) is 6.92 Å². The van der Waals surface area contributed by atoms with Crippen LogP contribution in [0.2, 0.25) is 0 Å². The van der Waals surface area contributed by atoms with Gasteiger partial charge in [-0.15, -0.1) is 0 Å². The van der Waals surface area contributed by atoms with E-state index >= 15 is 0 Å². The van der Waals surface area contributed by atoms with Gasteiger partial charge in [0.25, 0.3) is 0 Å². The van der Waals surface area contributed by atoms with Crippen LogP contribution in [0.4, 0.5) is 28.0 Å². The Bertz CT molecular complexity index is 884. The maximum Gasteiger partial charge on any atom is 0.394 e. The number of amides is 2. The van der Waals surface area contributed by atoms with E-state index in [0.29, 0.717) is 36.3 Å². The van der Waals surface area contributed by atoms with E-state index in [9.17, 15) is 22.4 Å². The van der Waals surface area contributed by atoms with E-state index in [1.54, 1.807) is 0 Å². The van der Waals surface area contributed by atoms with Crippen LogP contribution < -0.4 is 16.2 Å². The average molecular weight is 434 g/mol. The Balaban J connectivity index is 0.000000253. The molecule has 0 spiro atoms. The predicted molar refractivity (Wildman–Crippen MR) is 102 cm³/mol. The number of halogens is 4. The normalized spacial score (nSPS) is 12.9. The molecular formula is C17H22F4N6OS. The van der Waals surface area contributed by atoms with E-state index in [0.717, 1.165) is 23.9 Å². The molecule has 1 aliphatic carbocycles. The largest absolute Gasteiger partial charge is 0.394 e. The first-order valence-corrected chi connectivity index (χ1v) is 9.67. The second kappa shape index (κ2) is 9.44. The van der Waals surface area contributed by atoms with Crippen molar-refractivity contribution in [1.82, 2.24) is 14.8 Å². The molecule has 0 radical (unpaired) electrons. The summed E-state index contributed by atoms with van der Waals surface area (Å²) in [7, 11) is 0. The smallest absolute Gasteiger partial charge is 0.351 e. The minimum atomic E-state index is -4.32. The fourth-order valence-corrected chi connectivity index (χ4v) is 3.33. The van der Waals surface area contributed by atoms with Gasteiger partial charge in [-0.25, -0.2) is 9.18 Å². The Hall–Kier alpha value is -2.34. The van der Waals surface area contributed by atoms with E-state index in [2.05, 4.69) is 15.4 Å². The number of urea groups is 1. The van der Waals surface area contributed by atoms with Gasteiger partial charge in [-0.05, 0) is 56.2 Å². The number of primary amides is 1. The van der Waals surface area contributed by atoms with Crippen molar-refractivity contribution in [2.45, 2.75) is 57.3 Å². The zero-order valence-corrected chi connectivity index (χ0v) is 16.8. The summed E-state index contributed by atoms with van der Waals surface area (Å²) < 4.78 is 51.7. The summed E-state index contributed by atoms with van der Waals surface area (Å²) in [6.07, 6.45) is -1.94. The van der Waals surface area contributed by atoms with Crippen molar-refractivity contribution >= 4 is 23.7 Å². The van der Waals surface area contributed by atoms with Crippen LogP contribution in [0.3, 0.4) is 0 Å². The van der Waals surface area contributed by atoms with Crippen LogP contribution in [-0.4, -0.2) is 27.0 Å². The van der Waals surface area contributed by atoms with Gasteiger partial charge in [-0.1, -0.05) is 0 Å². The number of rotatable bonds is 4. The van der Waals surface area contributed by atoms with Crippen molar-refractivity contribution in [2.24, 2.45) is 10.9 Å². The molecule has 0 saturated heterocycles. The van der Waals surface area contributed by atoms with Gasteiger partial charge in [0.05, 0.1) is 24.0 Å². The number of nitrogens with zero attached hydrogens (tertiary/aromatic N) is 3. The van der Waals surface area contributed by atoms with Crippen molar-refractivity contribution in [3.8, 4) is 0 Å². The lowest BCUT2D eigenvalue weighted by Crippen LogP contribution is -2.23. The highest BCUT2D eigenvalue weighted by Gasteiger charge is 2.31. The number of alkyl halides is 3. The Morgan fingerprint density at radius 2 is 2.07 bits per heavy atom. The number of hydrogen-bond donors (Lipinski definition) is 3. The number of nitrogens with two attached hydrogens (primary N) is 2. The molecule has 2 amide bonds. The van der Waals surface area contributed by atoms with E-state index < -0.39 is 18.6 Å². The minimum Gasteiger partial charge on any atom is -0.351 e. The molecule has 0 fully saturated rings. The highest BCUT2D eigenvalue weighted by Crippen LogP contribution is 2.34. The molecule has 0 saturated carbocycles. The van der Waals surface area contributed by atoms with Gasteiger partial charge in [0.2, 0.25) is 0 Å². The molecule has 1 aliphatic rings. The molecule has 5 N–H and O–H groups in total. The molecule has 2 aromatic rings. The molecule has 160 valence electrons. The third-order valence-electron chi connectivity index (χ3n) is 4.31. The van der Waals surface area contributed by atoms with Gasteiger partial charge in [-0.2, -0.15) is 18.3 Å². The molecule has 0 atom stereocenters. The number of pyridine rings is 1. The highest BCUT2D eigenvalue weighted by molar-refractivity contribution is 7.97. The van der Waals surface area contributed by atoms with Crippen molar-refractivity contribution in [3.63, 3.8) is 0 Å². The van der Waals surface area contributed by atoms with E-state index in [4.69, 9.17) is 10.9 Å². The Morgan fingerprint density at radius 1 is 1.38 bits per heavy atom. The van der Waals surface area contributed by atoms with E-state index in [1.165, 1.54) is 17.8 Å². The second-order valence-electron chi connectivity index (χ2n) is 6.37. The summed E-state index contributed by atoms with van der Waals surface area (Å²) in [5.41, 5.74) is 7.21. The quantitative estimate of drug-likeness (QED) is 0.504. The van der Waals surface area contributed by atoms with E-state index in [-0.39, 0.29) is 16.5 Å². The summed E-state index contributed by atoms with van der Waals surface area (Å²) in [4.78, 5) is 15.1. The van der Waals surface area contributed by atoms with Crippen LogP contribution in [0.25, 0.3) is 0 Å². The monoisotopic (exact) mass is 434 g/mol. The van der Waals surface area contributed by atoms with Crippen molar-refractivity contribution in [2.75, 3.05) is 5.32 Å². The predicted octanol–water partition coefficient (Wildman–Crippen LogP) is 3.48. The van der Waals surface area contributed by atoms with Crippen LogP contribution in [0.5, 0.6) is 0 Å². The minimum absolute atomic E-state index is 0.0445. The number of aromatic nitrogens is 3. The molecular weight excluding hydrogens is 412 g/mol. The van der Waals surface area contributed by atoms with Crippen molar-refractivity contribution < 1.29 is 22.4 Å². The molecule has 2 aromatic heterocycles. The SMILES string of the molecule is CCn1cc(F)c(SN)n1.Cc1c(CC(F)(F)F)nc2c(c1NC(N)=O)CCC2. The molecule has 2 heterocycles. The third kappa shape index (κ3) is 6.07. The summed E-state index contributed by atoms with van der Waals surface area (Å²) in [5, 5.41) is 11.6. The number of fused-ring (bicyclic) bond motifs is 1. The molecule has 0 aromatic carbocycles. The summed E-state index contributed by atoms with van der Waals surface area (Å²) >= 11 is 0.825. The van der Waals surface area contributed by atoms with Gasteiger partial charge < -0.3 is 11.1 Å². The van der Waals surface area contributed by atoms with Crippen LogP contribution in [0.1, 0.15) is 35.9 Å². The molecule has 29 heavy (non-hydrogen) atoms. The number of nitrogens with one attached hydrogen (secondary N) is 1. The molecule has 0 bridgehead atoms. The lowest BCUT2D eigenvalue weighted by Gasteiger charge is -2.16. The Morgan fingerprint density at radius 3 is 2.55 bits per heavy atom. The van der Waals surface area contributed by atoms with Crippen LogP contribution in [-0.2, 0) is 25.8 Å². The molecule has 0 unspecified atom stereocenters. The lowest BCUT2D eigenvalue weighted by atomic mass is 10.0. The van der Waals surface area contributed by atoms with Gasteiger partial charge in [0.1, 0.15) is 0 Å². The summed E-state index contributed by atoms with van der Waals surface area (Å²) in [5.74, 6) is -0.352. The maximum atomic E-state index is 12.6. The summed E-state index contributed by atoms with van der Waals surface area (Å²) in [6.45, 7) is 4.08. The maximum absolute atomic E-state index is 12.6. The molecule has 12 heteroatoms. The topological polar surface area (TPSA) is 112 Å². The zero-order chi connectivity index (χ0) is 21.8. The fourth-order valence-electron chi connectivity index (χ4n) is 3.01. The number of anilines is 1. The average Bonchev–Trinajstić information content (AvgIpc) is 3.23. The number of hydrogen-bond acceptors (Lipinski definition) is 5. The Kier molecular flexibility index (Phi) is 7.47. The molecule has 3 rings (SSSR count). The molecule has 7 nitrogen and oxygen atoms in total. The first kappa shape index (κ1) is 22.9. The van der Waals surface area contributed by atoms with Crippen molar-refractivity contribution in [3.05, 3.63) is 34.5 Å². The zero-order valence-electron chi connectivity index (χ0n) is 15.9. The van der Waals surface area contributed by atoms with Crippen LogP contribution in [0, 0.1) is 12.7 Å². The second-order valence-corrected chi connectivity index (χ2v) is 7.00. The standard InChI is InChI=1S/C12H14F3N3O.C5H8FN3S/c1-6-9(5-12(13,14)15)17-8-4-2-3-7(8)10(6)18-11(16)19;1-2-9-3-4(6)5(8-9)10-7/h2-5H2,1H3,(H3,16,17,18,19);3H,2,7H2,1H3. The number of carbonyl (C=O) groups excluding carboxylic acids is 1. The first-order valence-electron chi connectivity index (χ1n) is 8.79. The Labute approximate surface area is 169 Å². The van der Waals surface area contributed by atoms with Gasteiger partial charge in [0.15, 0.2) is 10.8 Å². The van der Waals surface area contributed by atoms with Gasteiger partial charge in [-0.3, -0.25) is 14.8 Å². The third-order valence-corrected chi connectivity index (χ3v) is 4.81. The van der Waals surface area contributed by atoms with Gasteiger partial charge in [0, 0.05) is 12.2 Å². The van der Waals surface area contributed by atoms with Crippen molar-refractivity contribution in [1.29, 1.82) is 0 Å². The fraction of sp³-hybridized carbons (Fsp3) is 0.471. The number of carbonyl (C=O) groups is 1. The first-order chi connectivity index (χ1) is 13.6. The number of aryl methyl sites for hydroxylation is 2. The molecule has 0 aliphatic heterocycles. The highest BCUT2D eigenvalue weighted by atomic mass is 32.2. The van der Waals surface area contributed by atoms with Crippen LogP contribution >= 0.6 is 11.9 Å². The van der Waals surface area contributed by atoms with Gasteiger partial charge >= 0.3 is 12.2 Å². The summed E-state index contributed by atoms with van der Waals surface area (Å²) in [6, 6.07) is -0.777. The van der Waals surface area contributed by atoms with Crippen LogP contribution in [0.15, 0.2) is 11.2 Å². The lowest BCUT2D eigenvalue weighted by molar-refractivity contribution is -0.127.